The maximum absolute atomic E-state index is 5.77. The summed E-state index contributed by atoms with van der Waals surface area (Å²) in [5, 5.41) is 0.755. The van der Waals surface area contributed by atoms with Crippen molar-refractivity contribution in [3.8, 4) is 0 Å². The lowest BCUT2D eigenvalue weighted by Crippen LogP contribution is -1.97. The summed E-state index contributed by atoms with van der Waals surface area (Å²) < 4.78 is 0. The predicted octanol–water partition coefficient (Wildman–Crippen LogP) is 2.63. The van der Waals surface area contributed by atoms with Crippen LogP contribution in [0.15, 0.2) is 28.4 Å². The Morgan fingerprint density at radius 1 is 1.40 bits per heavy atom. The van der Waals surface area contributed by atoms with Gasteiger partial charge in [0.15, 0.2) is 0 Å². The number of hydrogen-bond acceptors (Lipinski definition) is 1. The third-order valence-electron chi connectivity index (χ3n) is 1.88. The van der Waals surface area contributed by atoms with Gasteiger partial charge < -0.3 is 0 Å². The fraction of sp³-hybridized carbons (Fsp3) is 0.375. The molecular formula is C8H8ClN. The van der Waals surface area contributed by atoms with E-state index >= 15 is 0 Å². The molecule has 2 heteroatoms. The highest BCUT2D eigenvalue weighted by molar-refractivity contribution is 6.65. The monoisotopic (exact) mass is 153 g/mol. The molecule has 2 rings (SSSR count). The molecule has 0 spiro atoms. The van der Waals surface area contributed by atoms with Crippen molar-refractivity contribution in [3.63, 3.8) is 0 Å². The summed E-state index contributed by atoms with van der Waals surface area (Å²) in [7, 11) is 0. The van der Waals surface area contributed by atoms with E-state index in [4.69, 9.17) is 11.6 Å². The van der Waals surface area contributed by atoms with E-state index in [9.17, 15) is 0 Å². The van der Waals surface area contributed by atoms with Gasteiger partial charge >= 0.3 is 0 Å². The lowest BCUT2D eigenvalue weighted by Gasteiger charge is -2.08. The molecule has 1 aliphatic carbocycles. The highest BCUT2D eigenvalue weighted by Gasteiger charge is 2.13. The molecule has 0 amide bonds. The summed E-state index contributed by atoms with van der Waals surface area (Å²) >= 11 is 5.77. The first-order valence-corrected chi connectivity index (χ1v) is 3.86. The van der Waals surface area contributed by atoms with E-state index in [1.165, 1.54) is 5.57 Å². The molecule has 10 heavy (non-hydrogen) atoms. The molecule has 1 heterocycles. The molecule has 1 aliphatic heterocycles. The van der Waals surface area contributed by atoms with Crippen LogP contribution >= 0.6 is 11.6 Å². The summed E-state index contributed by atoms with van der Waals surface area (Å²) in [6.45, 7) is 0. The van der Waals surface area contributed by atoms with Gasteiger partial charge in [-0.3, -0.25) is 0 Å². The van der Waals surface area contributed by atoms with Crippen LogP contribution in [0.5, 0.6) is 0 Å². The van der Waals surface area contributed by atoms with Crippen molar-refractivity contribution in [2.75, 3.05) is 0 Å². The van der Waals surface area contributed by atoms with Crippen molar-refractivity contribution in [1.82, 2.24) is 0 Å². The quantitative estimate of drug-likeness (QED) is 0.508. The zero-order valence-corrected chi connectivity index (χ0v) is 6.36. The Balaban J connectivity index is 2.35. The molecule has 0 atom stereocenters. The fourth-order valence-electron chi connectivity index (χ4n) is 1.32. The van der Waals surface area contributed by atoms with Crippen LogP contribution in [0.3, 0.4) is 0 Å². The lowest BCUT2D eigenvalue weighted by molar-refractivity contribution is 0.944. The Hall–Kier alpha value is -0.560. The molecule has 1 nitrogen and oxygen atoms in total. The summed E-state index contributed by atoms with van der Waals surface area (Å²) in [6.07, 6.45) is 7.32. The molecule has 0 saturated heterocycles. The third kappa shape index (κ3) is 0.907. The molecule has 0 radical (unpaired) electrons. The Morgan fingerprint density at radius 2 is 2.30 bits per heavy atom. The number of allylic oxidation sites excluding steroid dienone is 3. The lowest BCUT2D eigenvalue weighted by atomic mass is 10.1. The number of hydrogen-bond donors (Lipinski definition) is 0. The summed E-state index contributed by atoms with van der Waals surface area (Å²) in [5.74, 6) is 0. The smallest absolute Gasteiger partial charge is 0.107 e. The molecule has 0 aromatic carbocycles. The summed E-state index contributed by atoms with van der Waals surface area (Å²) in [5.41, 5.74) is 2.56. The van der Waals surface area contributed by atoms with Gasteiger partial charge in [0.1, 0.15) is 5.17 Å². The highest BCUT2D eigenvalue weighted by atomic mass is 35.5. The van der Waals surface area contributed by atoms with E-state index < -0.39 is 0 Å². The molecular weight excluding hydrogens is 146 g/mol. The first kappa shape index (κ1) is 6.17. The van der Waals surface area contributed by atoms with Gasteiger partial charge in [0.05, 0.1) is 5.70 Å². The van der Waals surface area contributed by atoms with Crippen molar-refractivity contribution in [2.45, 2.75) is 19.3 Å². The Kier molecular flexibility index (Phi) is 1.38. The van der Waals surface area contributed by atoms with Crippen molar-refractivity contribution < 1.29 is 0 Å². The van der Waals surface area contributed by atoms with Gasteiger partial charge in [0, 0.05) is 6.42 Å². The van der Waals surface area contributed by atoms with Crippen LogP contribution in [0.4, 0.5) is 0 Å². The van der Waals surface area contributed by atoms with E-state index in [0.29, 0.717) is 0 Å². The second kappa shape index (κ2) is 2.24. The van der Waals surface area contributed by atoms with Gasteiger partial charge in [-0.1, -0.05) is 17.7 Å². The first-order chi connectivity index (χ1) is 4.86. The van der Waals surface area contributed by atoms with E-state index in [0.717, 1.165) is 30.1 Å². The maximum atomic E-state index is 5.77. The third-order valence-corrected chi connectivity index (χ3v) is 2.15. The van der Waals surface area contributed by atoms with Crippen molar-refractivity contribution in [3.05, 3.63) is 23.4 Å². The van der Waals surface area contributed by atoms with E-state index in [-0.39, 0.29) is 0 Å². The van der Waals surface area contributed by atoms with Crippen LogP contribution in [0.25, 0.3) is 0 Å². The van der Waals surface area contributed by atoms with Gasteiger partial charge in [-0.15, -0.1) is 0 Å². The van der Waals surface area contributed by atoms with Crippen LogP contribution in [0.1, 0.15) is 19.3 Å². The first-order valence-electron chi connectivity index (χ1n) is 3.48. The predicted molar refractivity (Wildman–Crippen MR) is 43.3 cm³/mol. The minimum absolute atomic E-state index is 0.755. The standard InChI is InChI=1S/C8H8ClN/c9-8-5-4-6-2-1-3-7(6)10-8/h1,3H,2,4-5H2. The van der Waals surface area contributed by atoms with Crippen molar-refractivity contribution in [1.29, 1.82) is 0 Å². The number of rotatable bonds is 0. The Labute approximate surface area is 65.1 Å². The molecule has 2 aliphatic rings. The van der Waals surface area contributed by atoms with Crippen molar-refractivity contribution in [2.24, 2.45) is 4.99 Å². The van der Waals surface area contributed by atoms with Crippen LogP contribution in [0, 0.1) is 0 Å². The van der Waals surface area contributed by atoms with Crippen LogP contribution < -0.4 is 0 Å². The average Bonchev–Trinajstić information content (AvgIpc) is 2.33. The SMILES string of the molecule is ClC1=NC2=C(CC=C2)CC1. The second-order valence-corrected chi connectivity index (χ2v) is 3.02. The molecule has 0 bridgehead atoms. The van der Waals surface area contributed by atoms with Crippen LogP contribution in [-0.4, -0.2) is 5.17 Å². The summed E-state index contributed by atoms with van der Waals surface area (Å²) in [6, 6.07) is 0. The average molecular weight is 154 g/mol. The second-order valence-electron chi connectivity index (χ2n) is 2.58. The van der Waals surface area contributed by atoms with Gasteiger partial charge in [0.2, 0.25) is 0 Å². The molecule has 0 aromatic rings. The maximum Gasteiger partial charge on any atom is 0.107 e. The molecule has 52 valence electrons. The Morgan fingerprint density at radius 3 is 3.20 bits per heavy atom. The molecule has 0 saturated carbocycles. The van der Waals surface area contributed by atoms with Crippen LogP contribution in [-0.2, 0) is 0 Å². The molecule has 0 unspecified atom stereocenters. The molecule has 0 fully saturated rings. The number of halogens is 1. The van der Waals surface area contributed by atoms with Crippen molar-refractivity contribution >= 4 is 16.8 Å². The normalized spacial score (nSPS) is 23.1. The van der Waals surface area contributed by atoms with Gasteiger partial charge in [0.25, 0.3) is 0 Å². The fourth-order valence-corrected chi connectivity index (χ4v) is 1.51. The zero-order chi connectivity index (χ0) is 6.97. The minimum Gasteiger partial charge on any atom is -0.241 e. The van der Waals surface area contributed by atoms with Gasteiger partial charge in [-0.25, -0.2) is 4.99 Å². The van der Waals surface area contributed by atoms with Gasteiger partial charge in [-0.05, 0) is 24.5 Å². The minimum atomic E-state index is 0.755. The largest absolute Gasteiger partial charge is 0.241 e. The molecule has 0 N–H and O–H groups in total. The topological polar surface area (TPSA) is 12.4 Å². The van der Waals surface area contributed by atoms with E-state index in [1.807, 2.05) is 0 Å². The van der Waals surface area contributed by atoms with E-state index in [1.54, 1.807) is 0 Å². The zero-order valence-electron chi connectivity index (χ0n) is 5.60. The Bertz CT molecular complexity index is 248. The van der Waals surface area contributed by atoms with Gasteiger partial charge in [-0.2, -0.15) is 0 Å². The number of nitrogens with zero attached hydrogens (tertiary/aromatic N) is 1. The van der Waals surface area contributed by atoms with E-state index in [2.05, 4.69) is 17.1 Å². The highest BCUT2D eigenvalue weighted by Crippen LogP contribution is 2.28. The number of aliphatic imine (C=N–C) groups is 1. The van der Waals surface area contributed by atoms with Crippen LogP contribution in [0.2, 0.25) is 0 Å². The molecule has 0 aromatic heterocycles. The summed E-state index contributed by atoms with van der Waals surface area (Å²) in [4.78, 5) is 4.22.